The smallest absolute Gasteiger partial charge is 0.261 e. The molecule has 0 aliphatic carbocycles. The maximum Gasteiger partial charge on any atom is 0.261 e. The van der Waals surface area contributed by atoms with Gasteiger partial charge < -0.3 is 14.1 Å². The van der Waals surface area contributed by atoms with Crippen molar-refractivity contribution < 1.29 is 14.0 Å². The molecule has 0 N–H and O–H groups in total. The molecule has 7 heteroatoms. The minimum atomic E-state index is -2.77. The maximum absolute atomic E-state index is 14.4. The highest BCUT2D eigenvalue weighted by Crippen LogP contribution is 2.50. The highest BCUT2D eigenvalue weighted by Gasteiger charge is 2.52. The third kappa shape index (κ3) is 6.61. The van der Waals surface area contributed by atoms with Crippen molar-refractivity contribution in [3.05, 3.63) is 130 Å². The first-order valence-electron chi connectivity index (χ1n) is 16.0. The summed E-state index contributed by atoms with van der Waals surface area (Å²) in [5, 5.41) is 3.50. The van der Waals surface area contributed by atoms with E-state index in [-0.39, 0.29) is 28.9 Å². The van der Waals surface area contributed by atoms with Gasteiger partial charge >= 0.3 is 0 Å². The Morgan fingerprint density at radius 2 is 1.46 bits per heavy atom. The van der Waals surface area contributed by atoms with Crippen LogP contribution < -0.4 is 10.4 Å². The molecule has 1 amide bonds. The number of hydrogen-bond donors (Lipinski definition) is 0. The van der Waals surface area contributed by atoms with Gasteiger partial charge in [-0.15, -0.1) is 0 Å². The number of halogens is 2. The normalized spacial score (nSPS) is 21.2. The number of aldehydes is 1. The molecule has 1 aliphatic rings. The summed E-state index contributed by atoms with van der Waals surface area (Å²) in [7, 11) is -2.77. The second kappa shape index (κ2) is 13.9. The van der Waals surface area contributed by atoms with Crippen molar-refractivity contribution in [3.8, 4) is 0 Å². The summed E-state index contributed by atoms with van der Waals surface area (Å²) in [5.41, 5.74) is 0.785. The lowest BCUT2D eigenvalue weighted by Gasteiger charge is -2.50. The molecule has 5 rings (SSSR count). The van der Waals surface area contributed by atoms with E-state index in [1.807, 2.05) is 65.6 Å². The zero-order valence-electron chi connectivity index (χ0n) is 27.3. The Labute approximate surface area is 284 Å². The van der Waals surface area contributed by atoms with Gasteiger partial charge in [-0.3, -0.25) is 4.79 Å². The van der Waals surface area contributed by atoms with Crippen molar-refractivity contribution in [3.63, 3.8) is 0 Å². The van der Waals surface area contributed by atoms with E-state index in [0.717, 1.165) is 17.4 Å². The van der Waals surface area contributed by atoms with Crippen LogP contribution in [0.2, 0.25) is 15.1 Å². The highest BCUT2D eigenvalue weighted by molar-refractivity contribution is 6.99. The molecule has 0 bridgehead atoms. The number of piperidine rings is 1. The predicted octanol–water partition coefficient (Wildman–Crippen LogP) is 8.61. The fraction of sp³-hybridized carbons (Fsp3) is 0.333. The van der Waals surface area contributed by atoms with Gasteiger partial charge in [0.05, 0.1) is 6.04 Å². The summed E-state index contributed by atoms with van der Waals surface area (Å²) >= 11 is 12.8. The molecule has 0 spiro atoms. The van der Waals surface area contributed by atoms with Gasteiger partial charge in [0.15, 0.2) is 0 Å². The van der Waals surface area contributed by atoms with Crippen molar-refractivity contribution >= 4 is 54.1 Å². The third-order valence-electron chi connectivity index (χ3n) is 9.54. The average Bonchev–Trinajstić information content (AvgIpc) is 3.04. The van der Waals surface area contributed by atoms with Crippen LogP contribution in [0.1, 0.15) is 70.5 Å². The largest absolute Gasteiger partial charge is 0.407 e. The minimum Gasteiger partial charge on any atom is -0.407 e. The van der Waals surface area contributed by atoms with Crippen molar-refractivity contribution in [2.75, 3.05) is 6.61 Å². The number of carbonyl (C=O) groups is 2. The Kier molecular flexibility index (Phi) is 10.3. The average molecular weight is 673 g/mol. The number of carbonyl (C=O) groups excluding carboxylic acids is 2. The van der Waals surface area contributed by atoms with Crippen LogP contribution in [0.3, 0.4) is 0 Å². The molecule has 0 radical (unpaired) electrons. The van der Waals surface area contributed by atoms with E-state index in [1.165, 1.54) is 10.4 Å². The van der Waals surface area contributed by atoms with Gasteiger partial charge in [0, 0.05) is 28.6 Å². The van der Waals surface area contributed by atoms with Gasteiger partial charge in [-0.2, -0.15) is 0 Å². The molecule has 4 aromatic rings. The van der Waals surface area contributed by atoms with Gasteiger partial charge in [0.1, 0.15) is 11.7 Å². The fourth-order valence-corrected chi connectivity index (χ4v) is 12.1. The van der Waals surface area contributed by atoms with Crippen molar-refractivity contribution in [2.24, 2.45) is 5.41 Å². The third-order valence-corrected chi connectivity index (χ3v) is 15.1. The van der Waals surface area contributed by atoms with E-state index in [0.29, 0.717) is 29.5 Å². The topological polar surface area (TPSA) is 46.6 Å². The molecule has 240 valence electrons. The zero-order valence-corrected chi connectivity index (χ0v) is 29.8. The number of nitrogens with zero attached hydrogens (tertiary/aromatic N) is 1. The quantitative estimate of drug-likeness (QED) is 0.0963. The first-order chi connectivity index (χ1) is 21.9. The van der Waals surface area contributed by atoms with Crippen LogP contribution in [-0.4, -0.2) is 38.1 Å². The van der Waals surface area contributed by atoms with Crippen LogP contribution >= 0.6 is 23.2 Å². The van der Waals surface area contributed by atoms with Crippen LogP contribution in [0.15, 0.2) is 109 Å². The fourth-order valence-electron chi connectivity index (χ4n) is 7.22. The summed E-state index contributed by atoms with van der Waals surface area (Å²) in [4.78, 5) is 29.0. The first-order valence-corrected chi connectivity index (χ1v) is 18.6. The Hall–Kier alpha value is -3.22. The van der Waals surface area contributed by atoms with Gasteiger partial charge in [0.2, 0.25) is 5.91 Å². The van der Waals surface area contributed by atoms with E-state index in [9.17, 15) is 9.59 Å². The van der Waals surface area contributed by atoms with Gasteiger partial charge in [0.25, 0.3) is 8.32 Å². The predicted molar refractivity (Wildman–Crippen MR) is 192 cm³/mol. The van der Waals surface area contributed by atoms with Gasteiger partial charge in [-0.1, -0.05) is 129 Å². The molecular weight excluding hydrogens is 629 g/mol. The summed E-state index contributed by atoms with van der Waals surface area (Å²) in [6, 6.07) is 36.0. The van der Waals surface area contributed by atoms with Crippen LogP contribution in [-0.2, 0) is 14.0 Å². The van der Waals surface area contributed by atoms with Gasteiger partial charge in [-0.25, -0.2) is 0 Å². The molecular formula is C39H43Cl2NO3Si. The molecule has 0 aromatic heterocycles. The zero-order chi connectivity index (χ0) is 33.1. The Bertz CT molecular complexity index is 1600. The number of likely N-dealkylation sites (tertiary alicyclic amines) is 1. The van der Waals surface area contributed by atoms with E-state index >= 15 is 0 Å². The molecule has 3 unspecified atom stereocenters. The number of hydrogen-bond acceptors (Lipinski definition) is 3. The summed E-state index contributed by atoms with van der Waals surface area (Å²) < 4.78 is 7.22. The van der Waals surface area contributed by atoms with Crippen molar-refractivity contribution in [2.45, 2.75) is 70.5 Å². The van der Waals surface area contributed by atoms with Crippen molar-refractivity contribution in [1.82, 2.24) is 4.90 Å². The van der Waals surface area contributed by atoms with E-state index < -0.39 is 13.7 Å². The Morgan fingerprint density at radius 3 is 1.98 bits per heavy atom. The number of benzene rings is 4. The lowest BCUT2D eigenvalue weighted by atomic mass is 9.69. The molecule has 1 saturated heterocycles. The van der Waals surface area contributed by atoms with Crippen LogP contribution in [0.4, 0.5) is 0 Å². The standard InChI is InChI=1S/C39H43Cl2NO3Si/c1-28(23-24-45-46(38(2,3)4,33-15-8-6-9-16-33)34-17-10-7-11-18-34)42-36(29-19-21-31(40)22-20-29)35(26-39(5,27-43)37(42)44)30-13-12-14-32(41)25-30/h6-22,25,27-28,35-36H,23-24,26H2,1-5H3/t28-,35?,36?,39?/m1/s1. The number of amides is 1. The lowest BCUT2D eigenvalue weighted by molar-refractivity contribution is -0.156. The maximum atomic E-state index is 14.4. The van der Waals surface area contributed by atoms with Crippen molar-refractivity contribution in [1.29, 1.82) is 0 Å². The highest BCUT2D eigenvalue weighted by atomic mass is 35.5. The lowest BCUT2D eigenvalue weighted by Crippen LogP contribution is -2.66. The molecule has 4 aromatic carbocycles. The summed E-state index contributed by atoms with van der Waals surface area (Å²) in [6.07, 6.45) is 1.80. The van der Waals surface area contributed by atoms with Crippen LogP contribution in [0, 0.1) is 5.41 Å². The van der Waals surface area contributed by atoms with E-state index in [4.69, 9.17) is 27.6 Å². The SMILES string of the molecule is C[C@H](CCO[Si](c1ccccc1)(c1ccccc1)C(C)(C)C)N1C(=O)C(C)(C=O)CC(c2cccc(Cl)c2)C1c1ccc(Cl)cc1. The molecule has 4 atom stereocenters. The summed E-state index contributed by atoms with van der Waals surface area (Å²) in [6.45, 7) is 11.1. The second-order valence-corrected chi connectivity index (χ2v) is 18.9. The second-order valence-electron chi connectivity index (χ2n) is 13.8. The number of rotatable bonds is 10. The summed E-state index contributed by atoms with van der Waals surface area (Å²) in [5.74, 6) is -0.327. The Balaban J connectivity index is 1.54. The molecule has 1 fully saturated rings. The molecule has 1 aliphatic heterocycles. The molecule has 0 saturated carbocycles. The molecule has 4 nitrogen and oxygen atoms in total. The van der Waals surface area contributed by atoms with Crippen LogP contribution in [0.5, 0.6) is 0 Å². The molecule has 1 heterocycles. The monoisotopic (exact) mass is 671 g/mol. The van der Waals surface area contributed by atoms with E-state index in [1.54, 1.807) is 6.92 Å². The van der Waals surface area contributed by atoms with Gasteiger partial charge in [-0.05, 0) is 77.5 Å². The van der Waals surface area contributed by atoms with Crippen LogP contribution in [0.25, 0.3) is 0 Å². The van der Waals surface area contributed by atoms with E-state index in [2.05, 4.69) is 76.2 Å². The minimum absolute atomic E-state index is 0.159. The molecule has 46 heavy (non-hydrogen) atoms. The Morgan fingerprint density at radius 1 is 0.870 bits per heavy atom. The first kappa shape index (κ1) is 34.1.